The molecule has 0 atom stereocenters. The van der Waals surface area contributed by atoms with Crippen LogP contribution in [0.15, 0.2) is 72.8 Å². The maximum absolute atomic E-state index is 2.22. The Hall–Kier alpha value is -2.86. The van der Waals surface area contributed by atoms with E-state index in [4.69, 9.17) is 0 Å². The lowest BCUT2D eigenvalue weighted by atomic mass is 9.96. The van der Waals surface area contributed by atoms with E-state index in [2.05, 4.69) is 98.8 Å². The molecule has 3 rings (SSSR count). The lowest BCUT2D eigenvalue weighted by molar-refractivity contribution is 1.32. The molecule has 0 unspecified atom stereocenters. The van der Waals surface area contributed by atoms with E-state index >= 15 is 0 Å². The van der Waals surface area contributed by atoms with Crippen molar-refractivity contribution < 1.29 is 0 Å². The molecular formula is C24H22. The zero-order valence-corrected chi connectivity index (χ0v) is 14.2. The Morgan fingerprint density at radius 2 is 1.08 bits per heavy atom. The van der Waals surface area contributed by atoms with E-state index in [1.165, 1.54) is 33.4 Å². The molecule has 0 amide bonds. The molecule has 0 nitrogen and oxygen atoms in total. The lowest BCUT2D eigenvalue weighted by Gasteiger charge is -2.09. The van der Waals surface area contributed by atoms with Crippen LogP contribution in [0.25, 0.3) is 24.3 Å². The van der Waals surface area contributed by atoms with Gasteiger partial charge in [-0.3, -0.25) is 0 Å². The third-order valence-electron chi connectivity index (χ3n) is 4.32. The van der Waals surface area contributed by atoms with Crippen LogP contribution in [0.5, 0.6) is 0 Å². The standard InChI is InChI=1S/C24H22/c1-19-13-16-23(17-14-21-9-5-3-6-10-21)24(20(19)2)18-15-22-11-7-4-8-12-22/h3-18H,1-2H3. The summed E-state index contributed by atoms with van der Waals surface area (Å²) in [4.78, 5) is 0. The minimum Gasteiger partial charge on any atom is -0.0622 e. The first kappa shape index (κ1) is 16.0. The fraction of sp³-hybridized carbons (Fsp3) is 0.0833. The van der Waals surface area contributed by atoms with Crippen molar-refractivity contribution in [3.63, 3.8) is 0 Å². The second kappa shape index (κ2) is 7.61. The number of hydrogen-bond acceptors (Lipinski definition) is 0. The van der Waals surface area contributed by atoms with Crippen LogP contribution in [0.3, 0.4) is 0 Å². The SMILES string of the molecule is Cc1ccc(C=Cc2ccccc2)c(C=Cc2ccccc2)c1C. The average molecular weight is 310 g/mol. The molecule has 0 aliphatic carbocycles. The van der Waals surface area contributed by atoms with Crippen molar-refractivity contribution in [2.45, 2.75) is 13.8 Å². The highest BCUT2D eigenvalue weighted by Crippen LogP contribution is 2.23. The van der Waals surface area contributed by atoms with Crippen molar-refractivity contribution in [1.82, 2.24) is 0 Å². The van der Waals surface area contributed by atoms with E-state index in [1.807, 2.05) is 12.1 Å². The molecule has 0 fully saturated rings. The highest BCUT2D eigenvalue weighted by molar-refractivity contribution is 5.81. The van der Waals surface area contributed by atoms with Gasteiger partial charge in [-0.1, -0.05) is 97.1 Å². The minimum absolute atomic E-state index is 1.22. The molecule has 0 heterocycles. The van der Waals surface area contributed by atoms with Gasteiger partial charge in [-0.25, -0.2) is 0 Å². The lowest BCUT2D eigenvalue weighted by Crippen LogP contribution is -1.90. The first-order valence-electron chi connectivity index (χ1n) is 8.30. The quantitative estimate of drug-likeness (QED) is 0.473. The summed E-state index contributed by atoms with van der Waals surface area (Å²) in [5.41, 5.74) is 7.61. The normalized spacial score (nSPS) is 11.4. The van der Waals surface area contributed by atoms with Gasteiger partial charge in [0.15, 0.2) is 0 Å². The van der Waals surface area contributed by atoms with Crippen molar-refractivity contribution in [2.75, 3.05) is 0 Å². The highest BCUT2D eigenvalue weighted by atomic mass is 14.1. The Labute approximate surface area is 144 Å². The van der Waals surface area contributed by atoms with Crippen LogP contribution in [0.1, 0.15) is 33.4 Å². The minimum atomic E-state index is 1.22. The van der Waals surface area contributed by atoms with Gasteiger partial charge in [0.25, 0.3) is 0 Å². The predicted molar refractivity (Wildman–Crippen MR) is 107 cm³/mol. The van der Waals surface area contributed by atoms with Gasteiger partial charge in [0.05, 0.1) is 0 Å². The van der Waals surface area contributed by atoms with E-state index in [-0.39, 0.29) is 0 Å². The van der Waals surface area contributed by atoms with Gasteiger partial charge in [0.2, 0.25) is 0 Å². The van der Waals surface area contributed by atoms with E-state index in [1.54, 1.807) is 0 Å². The molecule has 0 aromatic heterocycles. The summed E-state index contributed by atoms with van der Waals surface area (Å²) in [5.74, 6) is 0. The average Bonchev–Trinajstić information content (AvgIpc) is 2.63. The molecule has 0 aliphatic rings. The number of rotatable bonds is 4. The summed E-state index contributed by atoms with van der Waals surface area (Å²) in [6.45, 7) is 4.36. The van der Waals surface area contributed by atoms with Crippen molar-refractivity contribution >= 4 is 24.3 Å². The largest absolute Gasteiger partial charge is 0.0622 e. The van der Waals surface area contributed by atoms with Crippen molar-refractivity contribution in [2.24, 2.45) is 0 Å². The van der Waals surface area contributed by atoms with E-state index in [9.17, 15) is 0 Å². The van der Waals surface area contributed by atoms with Gasteiger partial charge in [0, 0.05) is 0 Å². The Bertz CT molecular complexity index is 853. The summed E-state index contributed by atoms with van der Waals surface area (Å²) in [7, 11) is 0. The molecule has 24 heavy (non-hydrogen) atoms. The van der Waals surface area contributed by atoms with Crippen molar-refractivity contribution in [3.8, 4) is 0 Å². The third-order valence-corrected chi connectivity index (χ3v) is 4.32. The molecule has 0 saturated carbocycles. The second-order valence-electron chi connectivity index (χ2n) is 6.00. The van der Waals surface area contributed by atoms with Crippen LogP contribution in [0, 0.1) is 13.8 Å². The Morgan fingerprint density at radius 1 is 0.542 bits per heavy atom. The molecule has 3 aromatic carbocycles. The Kier molecular flexibility index (Phi) is 5.08. The van der Waals surface area contributed by atoms with E-state index in [0.717, 1.165) is 0 Å². The van der Waals surface area contributed by atoms with Gasteiger partial charge in [-0.2, -0.15) is 0 Å². The molecular weight excluding hydrogens is 288 g/mol. The molecule has 0 aliphatic heterocycles. The zero-order chi connectivity index (χ0) is 16.8. The fourth-order valence-corrected chi connectivity index (χ4v) is 2.72. The molecule has 0 spiro atoms. The fourth-order valence-electron chi connectivity index (χ4n) is 2.72. The van der Waals surface area contributed by atoms with E-state index < -0.39 is 0 Å². The highest BCUT2D eigenvalue weighted by Gasteiger charge is 2.03. The molecule has 0 saturated heterocycles. The van der Waals surface area contributed by atoms with Crippen LogP contribution < -0.4 is 0 Å². The van der Waals surface area contributed by atoms with Crippen LogP contribution >= 0.6 is 0 Å². The zero-order valence-electron chi connectivity index (χ0n) is 14.2. The number of benzene rings is 3. The molecule has 118 valence electrons. The Morgan fingerprint density at radius 3 is 1.67 bits per heavy atom. The maximum Gasteiger partial charge on any atom is -0.0152 e. The predicted octanol–water partition coefficient (Wildman–Crippen LogP) is 6.64. The summed E-state index contributed by atoms with van der Waals surface area (Å²) in [6, 6.07) is 25.2. The second-order valence-corrected chi connectivity index (χ2v) is 6.00. The first-order chi connectivity index (χ1) is 11.7. The molecule has 0 radical (unpaired) electrons. The summed E-state index contributed by atoms with van der Waals surface area (Å²) in [6.07, 6.45) is 8.78. The molecule has 0 heteroatoms. The van der Waals surface area contributed by atoms with Crippen LogP contribution in [-0.2, 0) is 0 Å². The van der Waals surface area contributed by atoms with Crippen molar-refractivity contribution in [1.29, 1.82) is 0 Å². The van der Waals surface area contributed by atoms with E-state index in [0.29, 0.717) is 0 Å². The number of aryl methyl sites for hydroxylation is 1. The van der Waals surface area contributed by atoms with Crippen LogP contribution in [0.4, 0.5) is 0 Å². The summed E-state index contributed by atoms with van der Waals surface area (Å²) < 4.78 is 0. The smallest absolute Gasteiger partial charge is 0.0152 e. The van der Waals surface area contributed by atoms with Crippen molar-refractivity contribution in [3.05, 3.63) is 106 Å². The van der Waals surface area contributed by atoms with Gasteiger partial charge in [0.1, 0.15) is 0 Å². The monoisotopic (exact) mass is 310 g/mol. The third kappa shape index (κ3) is 3.91. The first-order valence-corrected chi connectivity index (χ1v) is 8.30. The van der Waals surface area contributed by atoms with Crippen LogP contribution in [-0.4, -0.2) is 0 Å². The maximum atomic E-state index is 2.22. The molecule has 0 N–H and O–H groups in total. The summed E-state index contributed by atoms with van der Waals surface area (Å²) >= 11 is 0. The number of hydrogen-bond donors (Lipinski definition) is 0. The molecule has 0 bridgehead atoms. The van der Waals surface area contributed by atoms with Gasteiger partial charge < -0.3 is 0 Å². The topological polar surface area (TPSA) is 0 Å². The molecule has 3 aromatic rings. The Balaban J connectivity index is 1.96. The summed E-state index contributed by atoms with van der Waals surface area (Å²) in [5, 5.41) is 0. The van der Waals surface area contributed by atoms with Gasteiger partial charge in [-0.05, 0) is 47.2 Å². The van der Waals surface area contributed by atoms with Crippen LogP contribution in [0.2, 0.25) is 0 Å². The van der Waals surface area contributed by atoms with Gasteiger partial charge in [-0.15, -0.1) is 0 Å². The van der Waals surface area contributed by atoms with Gasteiger partial charge >= 0.3 is 0 Å².